The highest BCUT2D eigenvalue weighted by atomic mass is 32.1. The van der Waals surface area contributed by atoms with Gasteiger partial charge >= 0.3 is 0 Å². The second-order valence-corrected chi connectivity index (χ2v) is 6.33. The molecule has 0 radical (unpaired) electrons. The van der Waals surface area contributed by atoms with E-state index in [9.17, 15) is 14.4 Å². The topological polar surface area (TPSA) is 86.9 Å². The minimum Gasteiger partial charge on any atom is -0.400 e. The summed E-state index contributed by atoms with van der Waals surface area (Å²) in [7, 11) is 1.00. The van der Waals surface area contributed by atoms with Crippen molar-refractivity contribution in [3.05, 3.63) is 58.0 Å². The smallest absolute Gasteiger partial charge is 0.161 e. The molecule has 0 saturated heterocycles. The lowest BCUT2D eigenvalue weighted by molar-refractivity contribution is 0.112. The molecular formula is C19H16FN3O2S. The van der Waals surface area contributed by atoms with Crippen molar-refractivity contribution in [2.45, 2.75) is 13.8 Å². The molecule has 0 saturated carbocycles. The average Bonchev–Trinajstić information content (AvgIpc) is 3.05. The number of aryl methyl sites for hydroxylation is 2. The molecule has 0 aliphatic heterocycles. The van der Waals surface area contributed by atoms with E-state index in [4.69, 9.17) is 5.11 Å². The molecule has 0 bridgehead atoms. The highest BCUT2D eigenvalue weighted by molar-refractivity contribution is 7.16. The van der Waals surface area contributed by atoms with Gasteiger partial charge < -0.3 is 5.11 Å². The molecule has 5 nitrogen and oxygen atoms in total. The largest absolute Gasteiger partial charge is 0.400 e. The molecule has 0 aliphatic carbocycles. The Hall–Kier alpha value is -2.95. The fourth-order valence-electron chi connectivity index (χ4n) is 2.34. The lowest BCUT2D eigenvalue weighted by Gasteiger charge is -2.07. The van der Waals surface area contributed by atoms with E-state index in [1.165, 1.54) is 17.4 Å². The number of nitriles is 1. The van der Waals surface area contributed by atoms with Gasteiger partial charge in [-0.2, -0.15) is 5.26 Å². The third kappa shape index (κ3) is 3.82. The zero-order valence-electron chi connectivity index (χ0n) is 14.4. The second kappa shape index (κ2) is 8.43. The first-order valence-electron chi connectivity index (χ1n) is 7.58. The van der Waals surface area contributed by atoms with E-state index >= 15 is 0 Å². The van der Waals surface area contributed by atoms with Crippen molar-refractivity contribution in [3.8, 4) is 27.9 Å². The van der Waals surface area contributed by atoms with Crippen molar-refractivity contribution in [1.82, 2.24) is 9.97 Å². The van der Waals surface area contributed by atoms with Gasteiger partial charge in [0.15, 0.2) is 6.29 Å². The number of hydrogen-bond acceptors (Lipinski definition) is 6. The maximum Gasteiger partial charge on any atom is 0.161 e. The lowest BCUT2D eigenvalue weighted by atomic mass is 10.0. The second-order valence-electron chi connectivity index (χ2n) is 5.30. The Bertz CT molecular complexity index is 993. The van der Waals surface area contributed by atoms with Crippen LogP contribution in [-0.4, -0.2) is 28.5 Å². The summed E-state index contributed by atoms with van der Waals surface area (Å²) in [5, 5.41) is 17.0. The van der Waals surface area contributed by atoms with Gasteiger partial charge in [-0.15, -0.1) is 11.3 Å². The van der Waals surface area contributed by atoms with Crippen LogP contribution >= 0.6 is 11.3 Å². The molecular weight excluding hydrogens is 353 g/mol. The molecule has 1 N–H and O–H groups in total. The molecule has 3 rings (SSSR count). The predicted molar refractivity (Wildman–Crippen MR) is 98.5 cm³/mol. The van der Waals surface area contributed by atoms with Crippen molar-refractivity contribution in [2.75, 3.05) is 7.11 Å². The molecule has 1 aromatic carbocycles. The third-order valence-electron chi connectivity index (χ3n) is 3.57. The molecule has 0 aliphatic rings. The number of rotatable bonds is 3. The summed E-state index contributed by atoms with van der Waals surface area (Å²) >= 11 is 1.24. The zero-order valence-corrected chi connectivity index (χ0v) is 15.3. The van der Waals surface area contributed by atoms with Crippen molar-refractivity contribution in [1.29, 1.82) is 5.26 Å². The number of pyridine rings is 1. The number of nitrogens with zero attached hydrogens (tertiary/aromatic N) is 3. The maximum absolute atomic E-state index is 14.1. The van der Waals surface area contributed by atoms with Crippen LogP contribution < -0.4 is 0 Å². The molecule has 0 atom stereocenters. The molecule has 7 heteroatoms. The number of hydrogen-bond donors (Lipinski definition) is 1. The first-order chi connectivity index (χ1) is 12.5. The normalized spacial score (nSPS) is 9.85. The zero-order chi connectivity index (χ0) is 19.3. The number of aliphatic hydroxyl groups is 1. The summed E-state index contributed by atoms with van der Waals surface area (Å²) < 4.78 is 14.1. The van der Waals surface area contributed by atoms with Gasteiger partial charge in [0.1, 0.15) is 16.9 Å². The molecule has 26 heavy (non-hydrogen) atoms. The number of halogens is 1. The molecule has 3 aromatic rings. The van der Waals surface area contributed by atoms with Crippen molar-refractivity contribution in [3.63, 3.8) is 0 Å². The number of aromatic nitrogens is 2. The van der Waals surface area contributed by atoms with Crippen molar-refractivity contribution >= 4 is 17.6 Å². The molecule has 0 amide bonds. The maximum atomic E-state index is 14.1. The summed E-state index contributed by atoms with van der Waals surface area (Å²) in [5.41, 5.74) is 3.00. The summed E-state index contributed by atoms with van der Waals surface area (Å²) in [6, 6.07) is 8.38. The van der Waals surface area contributed by atoms with Gasteiger partial charge in [0.25, 0.3) is 0 Å². The number of benzene rings is 1. The van der Waals surface area contributed by atoms with E-state index in [0.29, 0.717) is 32.4 Å². The summed E-state index contributed by atoms with van der Waals surface area (Å²) in [6.07, 6.45) is 2.30. The van der Waals surface area contributed by atoms with Crippen LogP contribution in [0.2, 0.25) is 0 Å². The van der Waals surface area contributed by atoms with E-state index < -0.39 is 5.82 Å². The Morgan fingerprint density at radius 3 is 2.62 bits per heavy atom. The Morgan fingerprint density at radius 1 is 1.27 bits per heavy atom. The van der Waals surface area contributed by atoms with E-state index in [1.807, 2.05) is 6.92 Å². The monoisotopic (exact) mass is 369 g/mol. The van der Waals surface area contributed by atoms with Crippen LogP contribution in [0.1, 0.15) is 26.5 Å². The number of carbonyl (C=O) groups excluding carboxylic acids is 1. The first kappa shape index (κ1) is 19.4. The number of thiazole rings is 1. The Labute approximate surface area is 154 Å². The minimum absolute atomic E-state index is 0.262. The lowest BCUT2D eigenvalue weighted by Crippen LogP contribution is -1.94. The number of carbonyl (C=O) groups is 1. The summed E-state index contributed by atoms with van der Waals surface area (Å²) in [6.45, 7) is 3.60. The van der Waals surface area contributed by atoms with Crippen LogP contribution in [0.15, 0.2) is 30.5 Å². The molecule has 0 spiro atoms. The highest BCUT2D eigenvalue weighted by Crippen LogP contribution is 2.31. The van der Waals surface area contributed by atoms with Gasteiger partial charge in [0.05, 0.1) is 21.8 Å². The first-order valence-corrected chi connectivity index (χ1v) is 8.39. The van der Waals surface area contributed by atoms with Crippen LogP contribution in [0.4, 0.5) is 4.39 Å². The average molecular weight is 369 g/mol. The van der Waals surface area contributed by atoms with Crippen LogP contribution in [0.25, 0.3) is 21.8 Å². The van der Waals surface area contributed by atoms with Gasteiger partial charge in [-0.05, 0) is 32.0 Å². The summed E-state index contributed by atoms with van der Waals surface area (Å²) in [4.78, 5) is 20.1. The van der Waals surface area contributed by atoms with Crippen LogP contribution in [0.3, 0.4) is 0 Å². The van der Waals surface area contributed by atoms with E-state index in [1.54, 1.807) is 31.3 Å². The van der Waals surface area contributed by atoms with E-state index in [-0.39, 0.29) is 5.56 Å². The van der Waals surface area contributed by atoms with Crippen LogP contribution in [0, 0.1) is 31.0 Å². The number of aliphatic hydroxyl groups excluding tert-OH is 1. The van der Waals surface area contributed by atoms with Crippen LogP contribution in [-0.2, 0) is 0 Å². The standard InChI is InChI=1S/C18H12FN3OS.CH4O/c1-10-3-4-15(19)14(5-10)17-12(7-20)6-13(8-21-17)18-22-11(2)16(9-23)24-18;1-2/h3-6,8-9H,1-2H3;2H,1H3. The van der Waals surface area contributed by atoms with Gasteiger partial charge in [-0.1, -0.05) is 11.6 Å². The fourth-order valence-corrected chi connectivity index (χ4v) is 3.21. The van der Waals surface area contributed by atoms with Gasteiger partial charge in [-0.25, -0.2) is 9.37 Å². The quantitative estimate of drug-likeness (QED) is 0.707. The van der Waals surface area contributed by atoms with Gasteiger partial charge in [-0.3, -0.25) is 9.78 Å². The van der Waals surface area contributed by atoms with Crippen molar-refractivity contribution < 1.29 is 14.3 Å². The third-order valence-corrected chi connectivity index (χ3v) is 4.70. The van der Waals surface area contributed by atoms with Gasteiger partial charge in [0.2, 0.25) is 0 Å². The molecule has 0 unspecified atom stereocenters. The van der Waals surface area contributed by atoms with Gasteiger partial charge in [0, 0.05) is 24.4 Å². The molecule has 2 heterocycles. The molecule has 0 fully saturated rings. The Morgan fingerprint density at radius 2 is 2.00 bits per heavy atom. The Kier molecular flexibility index (Phi) is 6.28. The molecule has 2 aromatic heterocycles. The van der Waals surface area contributed by atoms with Crippen molar-refractivity contribution in [2.24, 2.45) is 0 Å². The van der Waals surface area contributed by atoms with E-state index in [2.05, 4.69) is 16.0 Å². The fraction of sp³-hybridized carbons (Fsp3) is 0.158. The SMILES string of the molecule is CO.Cc1ccc(F)c(-c2ncc(-c3nc(C)c(C=O)s3)cc2C#N)c1. The Balaban J connectivity index is 0.00000117. The van der Waals surface area contributed by atoms with Crippen LogP contribution in [0.5, 0.6) is 0 Å². The minimum atomic E-state index is -0.425. The highest BCUT2D eigenvalue weighted by Gasteiger charge is 2.15. The molecule has 132 valence electrons. The predicted octanol–water partition coefficient (Wildman–Crippen LogP) is 3.92. The number of aldehydes is 1. The summed E-state index contributed by atoms with van der Waals surface area (Å²) in [5.74, 6) is -0.425. The van der Waals surface area contributed by atoms with E-state index in [0.717, 1.165) is 19.0 Å².